The molecule has 0 atom stereocenters. The Balaban J connectivity index is 1.43. The summed E-state index contributed by atoms with van der Waals surface area (Å²) in [6.45, 7) is 1.63. The molecule has 1 fully saturated rings. The minimum atomic E-state index is 0.418. The summed E-state index contributed by atoms with van der Waals surface area (Å²) in [6, 6.07) is 19.8. The molecule has 3 N–H and O–H groups in total. The van der Waals surface area contributed by atoms with E-state index in [-0.39, 0.29) is 0 Å². The third-order valence-electron chi connectivity index (χ3n) is 4.77. The molecule has 0 unspecified atom stereocenters. The van der Waals surface area contributed by atoms with E-state index in [4.69, 9.17) is 10.5 Å². The van der Waals surface area contributed by atoms with Crippen molar-refractivity contribution in [2.24, 2.45) is 5.73 Å². The smallest absolute Gasteiger partial charge is 0.120 e. The largest absolute Gasteiger partial charge is 0.489 e. The first kappa shape index (κ1) is 17.0. The van der Waals surface area contributed by atoms with Crippen molar-refractivity contribution in [3.63, 3.8) is 0 Å². The molecule has 128 valence electrons. The minimum absolute atomic E-state index is 0.418. The highest BCUT2D eigenvalue weighted by Gasteiger charge is 2.17. The van der Waals surface area contributed by atoms with Crippen LogP contribution in [0.4, 0.5) is 0 Å². The topological polar surface area (TPSA) is 47.3 Å². The first-order chi connectivity index (χ1) is 11.8. The van der Waals surface area contributed by atoms with Crippen LogP contribution in [0.3, 0.4) is 0 Å². The lowest BCUT2D eigenvalue weighted by Crippen LogP contribution is -2.38. The fraction of sp³-hybridized carbons (Fsp3) is 0.429. The molecule has 0 spiro atoms. The van der Waals surface area contributed by atoms with Crippen LogP contribution in [0.15, 0.2) is 54.6 Å². The Kier molecular flexibility index (Phi) is 6.27. The monoisotopic (exact) mass is 324 g/mol. The number of benzene rings is 2. The van der Waals surface area contributed by atoms with Gasteiger partial charge in [0.1, 0.15) is 12.4 Å². The first-order valence-corrected chi connectivity index (χ1v) is 9.04. The molecular weight excluding hydrogens is 296 g/mol. The molecule has 2 aromatic carbocycles. The summed E-state index contributed by atoms with van der Waals surface area (Å²) in [6.07, 6.45) is 5.76. The van der Waals surface area contributed by atoms with Crippen LogP contribution in [-0.2, 0) is 13.0 Å². The highest BCUT2D eigenvalue weighted by molar-refractivity contribution is 5.29. The molecular formula is C21H28N2O. The van der Waals surface area contributed by atoms with Crippen LogP contribution < -0.4 is 15.8 Å². The Labute approximate surface area is 145 Å². The minimum Gasteiger partial charge on any atom is -0.489 e. The van der Waals surface area contributed by atoms with Crippen molar-refractivity contribution in [2.45, 2.75) is 50.8 Å². The predicted molar refractivity (Wildman–Crippen MR) is 99.2 cm³/mol. The SMILES string of the molecule is NC1CCC(NCCc2cccc(OCc3ccccc3)c2)CC1. The summed E-state index contributed by atoms with van der Waals surface area (Å²) in [5.74, 6) is 0.944. The molecule has 0 aromatic heterocycles. The van der Waals surface area contributed by atoms with Crippen molar-refractivity contribution < 1.29 is 4.74 Å². The maximum atomic E-state index is 5.96. The molecule has 1 saturated carbocycles. The Hall–Kier alpha value is -1.84. The number of nitrogens with two attached hydrogens (primary N) is 1. The summed E-state index contributed by atoms with van der Waals surface area (Å²) in [7, 11) is 0. The predicted octanol–water partition coefficient (Wildman–Crippen LogP) is 3.67. The van der Waals surface area contributed by atoms with Crippen molar-refractivity contribution >= 4 is 0 Å². The zero-order valence-corrected chi connectivity index (χ0v) is 14.3. The molecule has 0 saturated heterocycles. The number of hydrogen-bond donors (Lipinski definition) is 2. The number of rotatable bonds is 7. The number of ether oxygens (including phenoxy) is 1. The highest BCUT2D eigenvalue weighted by Crippen LogP contribution is 2.18. The molecule has 1 aliphatic carbocycles. The molecule has 1 aliphatic rings. The van der Waals surface area contributed by atoms with Gasteiger partial charge in [0, 0.05) is 12.1 Å². The molecule has 3 nitrogen and oxygen atoms in total. The molecule has 2 aromatic rings. The molecule has 0 amide bonds. The third-order valence-corrected chi connectivity index (χ3v) is 4.77. The lowest BCUT2D eigenvalue weighted by Gasteiger charge is -2.26. The fourth-order valence-corrected chi connectivity index (χ4v) is 3.28. The zero-order valence-electron chi connectivity index (χ0n) is 14.3. The van der Waals surface area contributed by atoms with Gasteiger partial charge >= 0.3 is 0 Å². The van der Waals surface area contributed by atoms with Crippen LogP contribution >= 0.6 is 0 Å². The van der Waals surface area contributed by atoms with Gasteiger partial charge in [-0.3, -0.25) is 0 Å². The van der Waals surface area contributed by atoms with Crippen molar-refractivity contribution in [1.82, 2.24) is 5.32 Å². The number of hydrogen-bond acceptors (Lipinski definition) is 3. The van der Waals surface area contributed by atoms with Gasteiger partial charge in [0.15, 0.2) is 0 Å². The highest BCUT2D eigenvalue weighted by atomic mass is 16.5. The summed E-state index contributed by atoms with van der Waals surface area (Å²) in [4.78, 5) is 0. The second kappa shape index (κ2) is 8.86. The van der Waals surface area contributed by atoms with Gasteiger partial charge in [-0.25, -0.2) is 0 Å². The van der Waals surface area contributed by atoms with E-state index in [0.29, 0.717) is 18.7 Å². The first-order valence-electron chi connectivity index (χ1n) is 9.04. The second-order valence-electron chi connectivity index (χ2n) is 6.74. The Morgan fingerprint density at radius 3 is 2.46 bits per heavy atom. The summed E-state index contributed by atoms with van der Waals surface area (Å²) >= 11 is 0. The lowest BCUT2D eigenvalue weighted by atomic mass is 9.92. The molecule has 24 heavy (non-hydrogen) atoms. The van der Waals surface area contributed by atoms with Crippen LogP contribution in [0.5, 0.6) is 5.75 Å². The van der Waals surface area contributed by atoms with E-state index in [1.54, 1.807) is 0 Å². The van der Waals surface area contributed by atoms with Crippen molar-refractivity contribution in [3.8, 4) is 5.75 Å². The third kappa shape index (κ3) is 5.36. The van der Waals surface area contributed by atoms with Gasteiger partial charge < -0.3 is 15.8 Å². The summed E-state index contributed by atoms with van der Waals surface area (Å²) in [5.41, 5.74) is 8.48. The number of nitrogens with one attached hydrogen (secondary N) is 1. The van der Waals surface area contributed by atoms with E-state index < -0.39 is 0 Å². The Bertz CT molecular complexity index is 606. The molecule has 0 bridgehead atoms. The van der Waals surface area contributed by atoms with Gasteiger partial charge in [-0.1, -0.05) is 42.5 Å². The van der Waals surface area contributed by atoms with E-state index in [0.717, 1.165) is 31.6 Å². The van der Waals surface area contributed by atoms with E-state index in [9.17, 15) is 0 Å². The van der Waals surface area contributed by atoms with Crippen LogP contribution in [0.25, 0.3) is 0 Å². The molecule has 3 rings (SSSR count). The van der Waals surface area contributed by atoms with Crippen molar-refractivity contribution in [1.29, 1.82) is 0 Å². The zero-order chi connectivity index (χ0) is 16.6. The Morgan fingerprint density at radius 2 is 1.67 bits per heavy atom. The molecule has 0 radical (unpaired) electrons. The second-order valence-corrected chi connectivity index (χ2v) is 6.74. The van der Waals surface area contributed by atoms with Crippen LogP contribution in [-0.4, -0.2) is 18.6 Å². The van der Waals surface area contributed by atoms with Crippen molar-refractivity contribution in [3.05, 3.63) is 65.7 Å². The standard InChI is InChI=1S/C21H28N2O/c22-19-9-11-20(12-10-19)23-14-13-17-7-4-8-21(15-17)24-16-18-5-2-1-3-6-18/h1-8,15,19-20,23H,9-14,16,22H2. The van der Waals surface area contributed by atoms with E-state index in [2.05, 4.69) is 35.6 Å². The maximum Gasteiger partial charge on any atom is 0.120 e. The van der Waals surface area contributed by atoms with Gasteiger partial charge in [-0.05, 0) is 61.9 Å². The van der Waals surface area contributed by atoms with Crippen LogP contribution in [0, 0.1) is 0 Å². The van der Waals surface area contributed by atoms with E-state index >= 15 is 0 Å². The van der Waals surface area contributed by atoms with Gasteiger partial charge in [0.25, 0.3) is 0 Å². The quantitative estimate of drug-likeness (QED) is 0.817. The van der Waals surface area contributed by atoms with Gasteiger partial charge in [0.05, 0.1) is 0 Å². The molecule has 0 aliphatic heterocycles. The average molecular weight is 324 g/mol. The average Bonchev–Trinajstić information content (AvgIpc) is 2.63. The van der Waals surface area contributed by atoms with Crippen LogP contribution in [0.2, 0.25) is 0 Å². The van der Waals surface area contributed by atoms with E-state index in [1.165, 1.54) is 24.0 Å². The lowest BCUT2D eigenvalue weighted by molar-refractivity contribution is 0.306. The molecule has 3 heteroatoms. The summed E-state index contributed by atoms with van der Waals surface area (Å²) in [5, 5.41) is 3.67. The fourth-order valence-electron chi connectivity index (χ4n) is 3.28. The van der Waals surface area contributed by atoms with Crippen molar-refractivity contribution in [2.75, 3.05) is 6.54 Å². The van der Waals surface area contributed by atoms with Gasteiger partial charge in [-0.2, -0.15) is 0 Å². The van der Waals surface area contributed by atoms with Crippen LogP contribution in [0.1, 0.15) is 36.8 Å². The van der Waals surface area contributed by atoms with Gasteiger partial charge in [0.2, 0.25) is 0 Å². The molecule has 0 heterocycles. The van der Waals surface area contributed by atoms with Gasteiger partial charge in [-0.15, -0.1) is 0 Å². The van der Waals surface area contributed by atoms with E-state index in [1.807, 2.05) is 24.3 Å². The maximum absolute atomic E-state index is 5.96. The summed E-state index contributed by atoms with van der Waals surface area (Å²) < 4.78 is 5.91. The Morgan fingerprint density at radius 1 is 0.917 bits per heavy atom. The normalized spacial score (nSPS) is 20.7.